The van der Waals surface area contributed by atoms with Gasteiger partial charge in [-0.15, -0.1) is 0 Å². The van der Waals surface area contributed by atoms with Crippen molar-refractivity contribution in [1.82, 2.24) is 4.57 Å². The highest BCUT2D eigenvalue weighted by molar-refractivity contribution is 7.07. The Bertz CT molecular complexity index is 1760. The van der Waals surface area contributed by atoms with E-state index in [0.717, 1.165) is 11.1 Å². The molecule has 0 bridgehead atoms. The quantitative estimate of drug-likeness (QED) is 0.348. The Morgan fingerprint density at radius 2 is 1.92 bits per heavy atom. The van der Waals surface area contributed by atoms with Gasteiger partial charge in [0.25, 0.3) is 11.5 Å². The maximum absolute atomic E-state index is 13.9. The molecule has 1 N–H and O–H groups in total. The number of thiazole rings is 1. The van der Waals surface area contributed by atoms with Crippen LogP contribution in [0.3, 0.4) is 0 Å². The summed E-state index contributed by atoms with van der Waals surface area (Å²) < 4.78 is 13.0. The van der Waals surface area contributed by atoms with Crippen molar-refractivity contribution in [3.8, 4) is 11.5 Å². The Hall–Kier alpha value is -4.14. The molecule has 3 aromatic carbocycles. The molecule has 5 rings (SSSR count). The number of para-hydroxylation sites is 1. The first-order valence-electron chi connectivity index (χ1n) is 12.3. The monoisotopic (exact) mass is 559 g/mol. The van der Waals surface area contributed by atoms with Crippen LogP contribution in [0.4, 0.5) is 5.69 Å². The molecule has 1 aliphatic rings. The van der Waals surface area contributed by atoms with Crippen molar-refractivity contribution in [3.05, 3.63) is 120 Å². The molecule has 0 unspecified atom stereocenters. The lowest BCUT2D eigenvalue weighted by atomic mass is 9.95. The number of nitrogens with one attached hydrogen (secondary N) is 1. The molecular weight excluding hydrogens is 534 g/mol. The third kappa shape index (κ3) is 5.39. The maximum atomic E-state index is 13.9. The van der Waals surface area contributed by atoms with E-state index in [1.807, 2.05) is 67.6 Å². The van der Waals surface area contributed by atoms with Crippen molar-refractivity contribution in [3.63, 3.8) is 0 Å². The number of nitrogens with zero attached hydrogens (tertiary/aromatic N) is 2. The molecule has 0 fully saturated rings. The van der Waals surface area contributed by atoms with Crippen LogP contribution < -0.4 is 29.7 Å². The molecule has 1 atom stereocenters. The molecule has 0 radical (unpaired) electrons. The first-order chi connectivity index (χ1) is 18.9. The third-order valence-electron chi connectivity index (χ3n) is 6.26. The Balaban J connectivity index is 1.65. The summed E-state index contributed by atoms with van der Waals surface area (Å²) in [6.07, 6.45) is 1.77. The number of hydrogen-bond acceptors (Lipinski definition) is 6. The van der Waals surface area contributed by atoms with E-state index in [4.69, 9.17) is 26.1 Å². The fraction of sp³-hybridized carbons (Fsp3) is 0.167. The number of hydrogen-bond donors (Lipinski definition) is 1. The Morgan fingerprint density at radius 3 is 2.64 bits per heavy atom. The van der Waals surface area contributed by atoms with Crippen LogP contribution in [-0.4, -0.2) is 24.2 Å². The summed E-state index contributed by atoms with van der Waals surface area (Å²) in [6, 6.07) is 21.3. The average molecular weight is 560 g/mol. The second-order valence-electron chi connectivity index (χ2n) is 8.80. The van der Waals surface area contributed by atoms with Crippen molar-refractivity contribution in [2.75, 3.05) is 19.0 Å². The standard InChI is InChI=1S/C30H26ClN3O4S/c1-4-38-24-14-13-19(15-23(24)31)16-25-29(36)34-27(20-9-8-12-22(17-20)37-3)26(18(2)32-30(34)39-25)28(35)33-21-10-6-5-7-11-21/h5-17,27H,4H2,1-3H3,(H,33,35)/b25-16-/t27-/m0/s1. The highest BCUT2D eigenvalue weighted by Gasteiger charge is 2.32. The third-order valence-corrected chi connectivity index (χ3v) is 7.54. The number of amides is 1. The molecule has 2 heterocycles. The second-order valence-corrected chi connectivity index (χ2v) is 10.2. The van der Waals surface area contributed by atoms with Gasteiger partial charge in [-0.1, -0.05) is 59.3 Å². The minimum Gasteiger partial charge on any atom is -0.497 e. The zero-order valence-electron chi connectivity index (χ0n) is 21.6. The zero-order valence-corrected chi connectivity index (χ0v) is 23.2. The van der Waals surface area contributed by atoms with Gasteiger partial charge < -0.3 is 14.8 Å². The summed E-state index contributed by atoms with van der Waals surface area (Å²) in [5.74, 6) is 0.875. The molecule has 1 amide bonds. The van der Waals surface area contributed by atoms with Gasteiger partial charge in [-0.3, -0.25) is 14.2 Å². The minimum absolute atomic E-state index is 0.255. The number of ether oxygens (including phenoxy) is 2. The molecule has 0 aliphatic carbocycles. The molecule has 39 heavy (non-hydrogen) atoms. The Labute approximate surface area is 234 Å². The molecule has 0 saturated carbocycles. The van der Waals surface area contributed by atoms with Gasteiger partial charge in [-0.05, 0) is 67.4 Å². The molecule has 1 aromatic heterocycles. The highest BCUT2D eigenvalue weighted by atomic mass is 35.5. The molecule has 198 valence electrons. The lowest BCUT2D eigenvalue weighted by Gasteiger charge is -2.25. The highest BCUT2D eigenvalue weighted by Crippen LogP contribution is 2.32. The summed E-state index contributed by atoms with van der Waals surface area (Å²) in [5, 5.41) is 3.42. The molecule has 9 heteroatoms. The van der Waals surface area contributed by atoms with Crippen LogP contribution in [0.25, 0.3) is 6.08 Å². The van der Waals surface area contributed by atoms with Crippen molar-refractivity contribution in [2.45, 2.75) is 19.9 Å². The van der Waals surface area contributed by atoms with Crippen LogP contribution in [0.15, 0.2) is 93.9 Å². The van der Waals surface area contributed by atoms with Crippen LogP contribution in [0.5, 0.6) is 11.5 Å². The summed E-state index contributed by atoms with van der Waals surface area (Å²) in [5.41, 5.74) is 2.80. The lowest BCUT2D eigenvalue weighted by molar-refractivity contribution is -0.113. The molecule has 0 spiro atoms. The average Bonchev–Trinajstić information content (AvgIpc) is 3.24. The van der Waals surface area contributed by atoms with Crippen LogP contribution in [0.1, 0.15) is 31.0 Å². The predicted molar refractivity (Wildman–Crippen MR) is 154 cm³/mol. The van der Waals surface area contributed by atoms with Crippen LogP contribution in [0, 0.1) is 0 Å². The topological polar surface area (TPSA) is 81.9 Å². The second kappa shape index (κ2) is 11.3. The van der Waals surface area contributed by atoms with Crippen LogP contribution >= 0.6 is 22.9 Å². The fourth-order valence-electron chi connectivity index (χ4n) is 4.49. The molecule has 0 saturated heterocycles. The predicted octanol–water partition coefficient (Wildman–Crippen LogP) is 4.93. The number of carbonyl (C=O) groups is 1. The lowest BCUT2D eigenvalue weighted by Crippen LogP contribution is -2.40. The number of anilines is 1. The number of halogens is 1. The van der Waals surface area contributed by atoms with E-state index in [1.54, 1.807) is 36.8 Å². The number of allylic oxidation sites excluding steroid dienone is 1. The zero-order chi connectivity index (χ0) is 27.5. The molecule has 1 aliphatic heterocycles. The Kier molecular flexibility index (Phi) is 7.67. The van der Waals surface area contributed by atoms with Crippen molar-refractivity contribution in [2.24, 2.45) is 4.99 Å². The number of carbonyl (C=O) groups excluding carboxylic acids is 1. The van der Waals surface area contributed by atoms with E-state index in [1.165, 1.54) is 11.3 Å². The van der Waals surface area contributed by atoms with E-state index < -0.39 is 6.04 Å². The van der Waals surface area contributed by atoms with Crippen LogP contribution in [0.2, 0.25) is 5.02 Å². The van der Waals surface area contributed by atoms with Gasteiger partial charge in [0.1, 0.15) is 11.5 Å². The number of methoxy groups -OCH3 is 1. The van der Waals surface area contributed by atoms with Gasteiger partial charge in [0.15, 0.2) is 4.80 Å². The molecule has 7 nitrogen and oxygen atoms in total. The van der Waals surface area contributed by atoms with Gasteiger partial charge in [0, 0.05) is 5.69 Å². The van der Waals surface area contributed by atoms with Gasteiger partial charge in [0.05, 0.1) is 40.6 Å². The fourth-order valence-corrected chi connectivity index (χ4v) is 5.78. The van der Waals surface area contributed by atoms with Gasteiger partial charge >= 0.3 is 0 Å². The minimum atomic E-state index is -0.703. The largest absolute Gasteiger partial charge is 0.497 e. The van der Waals surface area contributed by atoms with Crippen molar-refractivity contribution < 1.29 is 14.3 Å². The van der Waals surface area contributed by atoms with E-state index >= 15 is 0 Å². The first-order valence-corrected chi connectivity index (χ1v) is 13.5. The van der Waals surface area contributed by atoms with Crippen molar-refractivity contribution in [1.29, 1.82) is 0 Å². The number of rotatable bonds is 7. The van der Waals surface area contributed by atoms with Gasteiger partial charge in [-0.2, -0.15) is 0 Å². The summed E-state index contributed by atoms with van der Waals surface area (Å²) in [7, 11) is 1.58. The van der Waals surface area contributed by atoms with Gasteiger partial charge in [0.2, 0.25) is 0 Å². The van der Waals surface area contributed by atoms with Gasteiger partial charge in [-0.25, -0.2) is 4.99 Å². The van der Waals surface area contributed by atoms with Crippen LogP contribution in [-0.2, 0) is 4.79 Å². The SMILES string of the molecule is CCOc1ccc(/C=c2\sc3n(c2=O)[C@@H](c2cccc(OC)c2)C(C(=O)Nc2ccccc2)=C(C)N=3)cc1Cl. The Morgan fingerprint density at radius 1 is 1.13 bits per heavy atom. The maximum Gasteiger partial charge on any atom is 0.271 e. The number of fused-ring (bicyclic) bond motifs is 1. The first kappa shape index (κ1) is 26.5. The smallest absolute Gasteiger partial charge is 0.271 e. The molecule has 4 aromatic rings. The van der Waals surface area contributed by atoms with E-state index in [9.17, 15) is 9.59 Å². The number of aromatic nitrogens is 1. The van der Waals surface area contributed by atoms with E-state index in [-0.39, 0.29) is 11.5 Å². The molecular formula is C30H26ClN3O4S. The van der Waals surface area contributed by atoms with Crippen molar-refractivity contribution >= 4 is 40.6 Å². The number of benzene rings is 3. The summed E-state index contributed by atoms with van der Waals surface area (Å²) in [4.78, 5) is 32.7. The van der Waals surface area contributed by atoms with E-state index in [0.29, 0.717) is 49.4 Å². The summed E-state index contributed by atoms with van der Waals surface area (Å²) >= 11 is 7.64. The normalized spacial score (nSPS) is 15.0. The summed E-state index contributed by atoms with van der Waals surface area (Å²) in [6.45, 7) is 4.18. The van der Waals surface area contributed by atoms with E-state index in [2.05, 4.69) is 5.32 Å².